The Morgan fingerprint density at radius 2 is 1.80 bits per heavy atom. The molecule has 10 heavy (non-hydrogen) atoms. The van der Waals surface area contributed by atoms with Gasteiger partial charge in [-0.25, -0.2) is 0 Å². The van der Waals surface area contributed by atoms with Crippen LogP contribution in [0.1, 0.15) is 38.5 Å². The van der Waals surface area contributed by atoms with Gasteiger partial charge >= 0.3 is 0 Å². The maximum atomic E-state index is 3.67. The third-order valence-corrected chi connectivity index (χ3v) is 4.43. The van der Waals surface area contributed by atoms with Crippen LogP contribution in [0.4, 0.5) is 0 Å². The summed E-state index contributed by atoms with van der Waals surface area (Å²) in [6.07, 6.45) is 9.02. The van der Waals surface area contributed by atoms with E-state index >= 15 is 0 Å². The quantitative estimate of drug-likeness (QED) is 0.603. The van der Waals surface area contributed by atoms with Gasteiger partial charge in [-0.3, -0.25) is 0 Å². The Bertz CT molecular complexity index is 121. The summed E-state index contributed by atoms with van der Waals surface area (Å²) in [5, 5.41) is 1.27. The van der Waals surface area contributed by atoms with Crippen LogP contribution in [0.2, 0.25) is 0 Å². The summed E-state index contributed by atoms with van der Waals surface area (Å²) in [5.74, 6) is 1.11. The zero-order valence-corrected chi connectivity index (χ0v) is 7.99. The van der Waals surface area contributed by atoms with Crippen LogP contribution < -0.4 is 0 Å². The Kier molecular flexibility index (Phi) is 1.79. The van der Waals surface area contributed by atoms with Gasteiger partial charge in [0.25, 0.3) is 0 Å². The summed E-state index contributed by atoms with van der Waals surface area (Å²) in [6, 6.07) is 0. The normalized spacial score (nSPS) is 30.9. The lowest BCUT2D eigenvalue weighted by molar-refractivity contribution is 0.295. The van der Waals surface area contributed by atoms with E-state index in [-0.39, 0.29) is 0 Å². The molecule has 0 aromatic carbocycles. The number of alkyl halides is 1. The second-order valence-corrected chi connectivity index (χ2v) is 4.54. The minimum atomic E-state index is 0.764. The van der Waals surface area contributed by atoms with E-state index in [0.29, 0.717) is 0 Å². The monoisotopic (exact) mass is 202 g/mol. The van der Waals surface area contributed by atoms with E-state index in [1.807, 2.05) is 0 Å². The van der Waals surface area contributed by atoms with Crippen molar-refractivity contribution in [1.29, 1.82) is 0 Å². The lowest BCUT2D eigenvalue weighted by atomic mass is 9.83. The molecule has 2 aliphatic carbocycles. The Balaban J connectivity index is 2.04. The number of hydrogen-bond donors (Lipinski definition) is 0. The number of hydrogen-bond acceptors (Lipinski definition) is 0. The molecule has 0 aromatic heterocycles. The van der Waals surface area contributed by atoms with Gasteiger partial charge in [0.1, 0.15) is 0 Å². The largest absolute Gasteiger partial charge is 0.0922 e. The first kappa shape index (κ1) is 7.15. The predicted octanol–water partition coefficient (Wildman–Crippen LogP) is 3.35. The summed E-state index contributed by atoms with van der Waals surface area (Å²) in [4.78, 5) is 0. The Labute approximate surface area is 71.5 Å². The van der Waals surface area contributed by atoms with E-state index in [4.69, 9.17) is 0 Å². The molecule has 0 N–H and O–H groups in total. The fraction of sp³-hybridized carbons (Fsp3) is 1.00. The molecule has 2 rings (SSSR count). The minimum absolute atomic E-state index is 0.764. The molecule has 0 aromatic rings. The van der Waals surface area contributed by atoms with E-state index in [1.54, 1.807) is 0 Å². The van der Waals surface area contributed by atoms with Gasteiger partial charge in [0.15, 0.2) is 0 Å². The number of rotatable bonds is 2. The van der Waals surface area contributed by atoms with Crippen molar-refractivity contribution in [2.75, 3.05) is 5.33 Å². The van der Waals surface area contributed by atoms with Crippen LogP contribution in [0.5, 0.6) is 0 Å². The Morgan fingerprint density at radius 3 is 2.20 bits per heavy atom. The smallest absolute Gasteiger partial charge is 0.00906 e. The lowest BCUT2D eigenvalue weighted by Gasteiger charge is -2.25. The predicted molar refractivity (Wildman–Crippen MR) is 47.4 cm³/mol. The van der Waals surface area contributed by atoms with Crippen LogP contribution in [-0.2, 0) is 0 Å². The Morgan fingerprint density at radius 1 is 1.20 bits per heavy atom. The maximum Gasteiger partial charge on any atom is 0.00906 e. The Hall–Kier alpha value is 0.480. The first-order chi connectivity index (χ1) is 4.87. The summed E-state index contributed by atoms with van der Waals surface area (Å²) in [6.45, 7) is 0. The van der Waals surface area contributed by atoms with Gasteiger partial charge in [-0.1, -0.05) is 28.8 Å². The molecule has 0 radical (unpaired) electrons. The van der Waals surface area contributed by atoms with E-state index in [2.05, 4.69) is 15.9 Å². The van der Waals surface area contributed by atoms with Crippen molar-refractivity contribution in [3.8, 4) is 0 Å². The lowest BCUT2D eigenvalue weighted by Crippen LogP contribution is -2.20. The van der Waals surface area contributed by atoms with E-state index in [1.165, 1.54) is 43.9 Å². The van der Waals surface area contributed by atoms with Gasteiger partial charge in [-0.15, -0.1) is 0 Å². The molecular formula is C9H15Br. The van der Waals surface area contributed by atoms with Crippen molar-refractivity contribution in [2.24, 2.45) is 11.3 Å². The third-order valence-electron chi connectivity index (χ3n) is 3.31. The zero-order valence-electron chi connectivity index (χ0n) is 6.41. The van der Waals surface area contributed by atoms with Crippen molar-refractivity contribution in [3.05, 3.63) is 0 Å². The highest BCUT2D eigenvalue weighted by Crippen LogP contribution is 2.55. The van der Waals surface area contributed by atoms with Crippen LogP contribution in [-0.4, -0.2) is 5.33 Å². The van der Waals surface area contributed by atoms with Crippen LogP contribution in [0.25, 0.3) is 0 Å². The highest BCUT2D eigenvalue weighted by Gasteiger charge is 2.45. The van der Waals surface area contributed by atoms with E-state index in [9.17, 15) is 0 Å². The number of halogens is 1. The fourth-order valence-electron chi connectivity index (χ4n) is 2.43. The topological polar surface area (TPSA) is 0 Å². The molecule has 0 unspecified atom stereocenters. The molecule has 0 aliphatic heterocycles. The van der Waals surface area contributed by atoms with Gasteiger partial charge in [0.05, 0.1) is 0 Å². The zero-order chi connectivity index (χ0) is 7.03. The van der Waals surface area contributed by atoms with Gasteiger partial charge in [0, 0.05) is 5.33 Å². The molecule has 2 aliphatic rings. The van der Waals surface area contributed by atoms with Gasteiger partial charge in [-0.05, 0) is 37.0 Å². The van der Waals surface area contributed by atoms with Crippen molar-refractivity contribution in [3.63, 3.8) is 0 Å². The summed E-state index contributed by atoms with van der Waals surface area (Å²) in [5.41, 5.74) is 0.764. The molecule has 0 amide bonds. The van der Waals surface area contributed by atoms with Crippen LogP contribution in [0, 0.1) is 11.3 Å². The molecular weight excluding hydrogens is 188 g/mol. The van der Waals surface area contributed by atoms with Gasteiger partial charge in [-0.2, -0.15) is 0 Å². The average Bonchev–Trinajstić information content (AvgIpc) is 2.71. The minimum Gasteiger partial charge on any atom is -0.0922 e. The highest BCUT2D eigenvalue weighted by atomic mass is 79.9. The molecule has 0 saturated heterocycles. The van der Waals surface area contributed by atoms with Crippen molar-refractivity contribution in [2.45, 2.75) is 38.5 Å². The summed E-state index contributed by atoms with van der Waals surface area (Å²) < 4.78 is 0. The standard InChI is InChI=1S/C9H15Br/c10-7-9(8-3-4-8)5-1-2-6-9/h8H,1-7H2. The molecule has 58 valence electrons. The van der Waals surface area contributed by atoms with Crippen LogP contribution in [0.3, 0.4) is 0 Å². The fourth-order valence-corrected chi connectivity index (χ4v) is 3.44. The molecule has 0 heterocycles. The second-order valence-electron chi connectivity index (χ2n) is 3.98. The molecule has 2 fully saturated rings. The van der Waals surface area contributed by atoms with E-state index in [0.717, 1.165) is 11.3 Å². The van der Waals surface area contributed by atoms with Gasteiger partial charge in [0.2, 0.25) is 0 Å². The van der Waals surface area contributed by atoms with Crippen molar-refractivity contribution < 1.29 is 0 Å². The molecule has 0 bridgehead atoms. The summed E-state index contributed by atoms with van der Waals surface area (Å²) >= 11 is 3.67. The molecule has 0 atom stereocenters. The second kappa shape index (κ2) is 2.51. The summed E-state index contributed by atoms with van der Waals surface area (Å²) in [7, 11) is 0. The first-order valence-corrected chi connectivity index (χ1v) is 5.55. The van der Waals surface area contributed by atoms with Crippen LogP contribution >= 0.6 is 15.9 Å². The van der Waals surface area contributed by atoms with Crippen molar-refractivity contribution >= 4 is 15.9 Å². The molecule has 0 nitrogen and oxygen atoms in total. The molecule has 0 spiro atoms. The average molecular weight is 203 g/mol. The van der Waals surface area contributed by atoms with Crippen LogP contribution in [0.15, 0.2) is 0 Å². The molecule has 1 heteroatoms. The van der Waals surface area contributed by atoms with E-state index < -0.39 is 0 Å². The molecule has 2 saturated carbocycles. The van der Waals surface area contributed by atoms with Gasteiger partial charge < -0.3 is 0 Å². The SMILES string of the molecule is BrCC1(C2CC2)CCCC1. The highest BCUT2D eigenvalue weighted by molar-refractivity contribution is 9.09. The van der Waals surface area contributed by atoms with Crippen molar-refractivity contribution in [1.82, 2.24) is 0 Å². The maximum absolute atomic E-state index is 3.67. The third kappa shape index (κ3) is 1.03. The first-order valence-electron chi connectivity index (χ1n) is 4.43.